The van der Waals surface area contributed by atoms with E-state index in [2.05, 4.69) is 20.8 Å². The van der Waals surface area contributed by atoms with Crippen molar-refractivity contribution in [1.82, 2.24) is 20.8 Å². The zero-order chi connectivity index (χ0) is 20.3. The zero-order valence-corrected chi connectivity index (χ0v) is 15.9. The smallest absolute Gasteiger partial charge is 0.259 e. The Morgan fingerprint density at radius 3 is 2.61 bits per heavy atom. The van der Waals surface area contributed by atoms with Gasteiger partial charge < -0.3 is 15.2 Å². The number of pyridine rings is 1. The van der Waals surface area contributed by atoms with E-state index in [1.165, 1.54) is 12.1 Å². The maximum absolute atomic E-state index is 14.2. The van der Waals surface area contributed by atoms with Crippen LogP contribution in [-0.4, -0.2) is 35.0 Å². The van der Waals surface area contributed by atoms with Crippen LogP contribution in [-0.2, 0) is 4.79 Å². The fourth-order valence-electron chi connectivity index (χ4n) is 2.74. The molecule has 2 heterocycles. The number of nitrogens with zero attached hydrogens (tertiary/aromatic N) is 2. The third-order valence-electron chi connectivity index (χ3n) is 4.25. The summed E-state index contributed by atoms with van der Waals surface area (Å²) in [5, 5.41) is 9.82. The van der Waals surface area contributed by atoms with Crippen LogP contribution in [0, 0.1) is 18.7 Å². The first-order valence-electron chi connectivity index (χ1n) is 8.96. The second kappa shape index (κ2) is 8.16. The molecule has 0 fully saturated rings. The highest BCUT2D eigenvalue weighted by atomic mass is 19.1. The fourth-order valence-corrected chi connectivity index (χ4v) is 2.74. The summed E-state index contributed by atoms with van der Waals surface area (Å²) in [7, 11) is 0. The molecule has 28 heavy (non-hydrogen) atoms. The largest absolute Gasteiger partial charge is 0.354 e. The number of rotatable bonds is 6. The lowest BCUT2D eigenvalue weighted by atomic mass is 10.0. The van der Waals surface area contributed by atoms with Crippen LogP contribution < -0.4 is 10.6 Å². The maximum atomic E-state index is 14.2. The van der Waals surface area contributed by atoms with Crippen molar-refractivity contribution in [2.45, 2.75) is 20.8 Å². The number of carbonyl (C=O) groups is 2. The van der Waals surface area contributed by atoms with E-state index in [0.717, 1.165) is 0 Å². The highest BCUT2D eigenvalue weighted by Crippen LogP contribution is 2.28. The molecule has 1 aromatic carbocycles. The molecular weight excluding hydrogens is 363 g/mol. The molecule has 7 nitrogen and oxygen atoms in total. The van der Waals surface area contributed by atoms with E-state index in [1.807, 2.05) is 0 Å². The number of amides is 2. The highest BCUT2D eigenvalue weighted by Gasteiger charge is 2.20. The molecule has 2 amide bonds. The Balaban J connectivity index is 1.87. The molecular formula is C20H21FN4O3. The number of aromatic nitrogens is 2. The zero-order valence-electron chi connectivity index (χ0n) is 15.9. The first-order chi connectivity index (χ1) is 13.4. The standard InChI is InChI=1S/C20H21FN4O3/c1-11(2)18(26)22-8-9-23-19(27)14-10-16(13-6-4-5-7-15(13)21)24-20-17(14)12(3)25-28-20/h4-7,10-11H,8-9H2,1-3H3,(H,22,26)(H,23,27). The minimum atomic E-state index is -0.451. The van der Waals surface area contributed by atoms with Gasteiger partial charge in [0.25, 0.3) is 11.6 Å². The van der Waals surface area contributed by atoms with Gasteiger partial charge in [0.05, 0.1) is 22.3 Å². The molecule has 2 aromatic heterocycles. The van der Waals surface area contributed by atoms with Crippen molar-refractivity contribution < 1.29 is 18.5 Å². The van der Waals surface area contributed by atoms with Crippen LogP contribution in [0.5, 0.6) is 0 Å². The molecule has 3 aromatic rings. The molecule has 2 N–H and O–H groups in total. The lowest BCUT2D eigenvalue weighted by Gasteiger charge is -2.10. The average Bonchev–Trinajstić information content (AvgIpc) is 3.05. The van der Waals surface area contributed by atoms with Crippen LogP contribution in [0.1, 0.15) is 29.9 Å². The lowest BCUT2D eigenvalue weighted by molar-refractivity contribution is -0.123. The summed E-state index contributed by atoms with van der Waals surface area (Å²) in [6.07, 6.45) is 0. The van der Waals surface area contributed by atoms with Gasteiger partial charge in [-0.25, -0.2) is 9.37 Å². The summed E-state index contributed by atoms with van der Waals surface area (Å²) in [6, 6.07) is 7.69. The second-order valence-electron chi connectivity index (χ2n) is 6.68. The number of fused-ring (bicyclic) bond motifs is 1. The number of hydrogen-bond donors (Lipinski definition) is 2. The summed E-state index contributed by atoms with van der Waals surface area (Å²) < 4.78 is 19.4. The molecule has 0 saturated heterocycles. The second-order valence-corrected chi connectivity index (χ2v) is 6.68. The van der Waals surface area contributed by atoms with Gasteiger partial charge in [-0.1, -0.05) is 31.1 Å². The monoisotopic (exact) mass is 384 g/mol. The van der Waals surface area contributed by atoms with Gasteiger partial charge in [-0.2, -0.15) is 0 Å². The summed E-state index contributed by atoms with van der Waals surface area (Å²) in [5.41, 5.74) is 1.51. The molecule has 0 atom stereocenters. The Kier molecular flexibility index (Phi) is 5.67. The van der Waals surface area contributed by atoms with Crippen molar-refractivity contribution in [3.8, 4) is 11.3 Å². The highest BCUT2D eigenvalue weighted by molar-refractivity contribution is 6.07. The van der Waals surface area contributed by atoms with Crippen LogP contribution in [0.3, 0.4) is 0 Å². The van der Waals surface area contributed by atoms with E-state index in [9.17, 15) is 14.0 Å². The Morgan fingerprint density at radius 1 is 1.18 bits per heavy atom. The Labute approximate surface area is 161 Å². The first kappa shape index (κ1) is 19.5. The van der Waals surface area contributed by atoms with Gasteiger partial charge in [0.1, 0.15) is 5.82 Å². The number of nitrogens with one attached hydrogen (secondary N) is 2. The van der Waals surface area contributed by atoms with Gasteiger partial charge >= 0.3 is 0 Å². The van der Waals surface area contributed by atoms with Crippen LogP contribution in [0.25, 0.3) is 22.4 Å². The maximum Gasteiger partial charge on any atom is 0.259 e. The van der Waals surface area contributed by atoms with Gasteiger partial charge in [0.15, 0.2) is 0 Å². The van der Waals surface area contributed by atoms with Crippen molar-refractivity contribution in [2.24, 2.45) is 5.92 Å². The van der Waals surface area contributed by atoms with E-state index in [1.54, 1.807) is 39.0 Å². The summed E-state index contributed by atoms with van der Waals surface area (Å²) in [6.45, 7) is 5.84. The minimum Gasteiger partial charge on any atom is -0.354 e. The molecule has 0 aliphatic rings. The van der Waals surface area contributed by atoms with Gasteiger partial charge in [-0.15, -0.1) is 0 Å². The summed E-state index contributed by atoms with van der Waals surface area (Å²) >= 11 is 0. The number of benzene rings is 1. The van der Waals surface area contributed by atoms with Crippen LogP contribution in [0.4, 0.5) is 4.39 Å². The predicted molar refractivity (Wildman–Crippen MR) is 102 cm³/mol. The lowest BCUT2D eigenvalue weighted by Crippen LogP contribution is -2.36. The minimum absolute atomic E-state index is 0.0859. The number of aryl methyl sites for hydroxylation is 1. The van der Waals surface area contributed by atoms with Crippen LogP contribution in [0.2, 0.25) is 0 Å². The topological polar surface area (TPSA) is 97.1 Å². The Bertz CT molecular complexity index is 1030. The Hall–Kier alpha value is -3.29. The number of carbonyl (C=O) groups excluding carboxylic acids is 2. The van der Waals surface area contributed by atoms with E-state index in [-0.39, 0.29) is 46.8 Å². The van der Waals surface area contributed by atoms with Crippen molar-refractivity contribution in [2.75, 3.05) is 13.1 Å². The molecule has 0 saturated carbocycles. The van der Waals surface area contributed by atoms with Gasteiger partial charge in [0, 0.05) is 24.6 Å². The molecule has 0 radical (unpaired) electrons. The molecule has 0 unspecified atom stereocenters. The van der Waals surface area contributed by atoms with Gasteiger partial charge in [0.2, 0.25) is 5.91 Å². The molecule has 0 aliphatic heterocycles. The quantitative estimate of drug-likeness (QED) is 0.637. The van der Waals surface area contributed by atoms with Crippen LogP contribution in [0.15, 0.2) is 34.9 Å². The van der Waals surface area contributed by atoms with Crippen LogP contribution >= 0.6 is 0 Å². The molecule has 8 heteroatoms. The Morgan fingerprint density at radius 2 is 1.89 bits per heavy atom. The van der Waals surface area contributed by atoms with Gasteiger partial charge in [-0.05, 0) is 25.1 Å². The van der Waals surface area contributed by atoms with Crippen molar-refractivity contribution in [3.05, 3.63) is 47.4 Å². The molecule has 0 aliphatic carbocycles. The molecule has 146 valence electrons. The molecule has 0 bridgehead atoms. The molecule has 0 spiro atoms. The summed E-state index contributed by atoms with van der Waals surface area (Å²) in [5.74, 6) is -1.04. The van der Waals surface area contributed by atoms with E-state index in [4.69, 9.17) is 4.52 Å². The van der Waals surface area contributed by atoms with E-state index < -0.39 is 5.82 Å². The predicted octanol–water partition coefficient (Wildman–Crippen LogP) is 2.84. The fraction of sp³-hybridized carbons (Fsp3) is 0.300. The van der Waals surface area contributed by atoms with E-state index in [0.29, 0.717) is 17.6 Å². The summed E-state index contributed by atoms with van der Waals surface area (Å²) in [4.78, 5) is 28.6. The van der Waals surface area contributed by atoms with E-state index >= 15 is 0 Å². The SMILES string of the molecule is Cc1noc2nc(-c3ccccc3F)cc(C(=O)NCCNC(=O)C(C)C)c12. The van der Waals surface area contributed by atoms with Crippen molar-refractivity contribution >= 4 is 22.9 Å². The number of halogens is 1. The number of hydrogen-bond acceptors (Lipinski definition) is 5. The van der Waals surface area contributed by atoms with Crippen molar-refractivity contribution in [1.29, 1.82) is 0 Å². The van der Waals surface area contributed by atoms with Gasteiger partial charge in [-0.3, -0.25) is 9.59 Å². The third-order valence-corrected chi connectivity index (χ3v) is 4.25. The average molecular weight is 384 g/mol. The van der Waals surface area contributed by atoms with Crippen molar-refractivity contribution in [3.63, 3.8) is 0 Å². The normalized spacial score (nSPS) is 11.0. The molecule has 3 rings (SSSR count). The first-order valence-corrected chi connectivity index (χ1v) is 8.96. The third kappa shape index (κ3) is 4.00.